The van der Waals surface area contributed by atoms with Crippen LogP contribution in [-0.2, 0) is 16.1 Å². The summed E-state index contributed by atoms with van der Waals surface area (Å²) in [6.45, 7) is 4.90. The summed E-state index contributed by atoms with van der Waals surface area (Å²) >= 11 is 5.94. The maximum atomic E-state index is 12.5. The molecule has 0 unspecified atom stereocenters. The molecule has 0 N–H and O–H groups in total. The zero-order chi connectivity index (χ0) is 16.6. The predicted molar refractivity (Wildman–Crippen MR) is 87.6 cm³/mol. The summed E-state index contributed by atoms with van der Waals surface area (Å²) in [7, 11) is 0. The third-order valence-electron chi connectivity index (χ3n) is 3.86. The van der Waals surface area contributed by atoms with Gasteiger partial charge in [0.2, 0.25) is 5.91 Å². The summed E-state index contributed by atoms with van der Waals surface area (Å²) in [5.41, 5.74) is 0.303. The van der Waals surface area contributed by atoms with Crippen molar-refractivity contribution in [2.24, 2.45) is 0 Å². The number of ether oxygens (including phenoxy) is 1. The van der Waals surface area contributed by atoms with Crippen LogP contribution in [0.2, 0.25) is 5.02 Å². The number of hydrogen-bond acceptors (Lipinski definition) is 4. The molecule has 2 atom stereocenters. The van der Waals surface area contributed by atoms with Gasteiger partial charge in [0.1, 0.15) is 6.54 Å². The van der Waals surface area contributed by atoms with Crippen molar-refractivity contribution in [3.05, 3.63) is 39.9 Å². The Morgan fingerprint density at radius 1 is 1.35 bits per heavy atom. The van der Waals surface area contributed by atoms with Crippen LogP contribution < -0.4 is 5.56 Å². The first kappa shape index (κ1) is 16.0. The van der Waals surface area contributed by atoms with E-state index >= 15 is 0 Å². The lowest BCUT2D eigenvalue weighted by Crippen LogP contribution is -2.49. The second-order valence-corrected chi connectivity index (χ2v) is 6.33. The minimum atomic E-state index is -0.264. The van der Waals surface area contributed by atoms with Gasteiger partial charge in [0.15, 0.2) is 0 Å². The third kappa shape index (κ3) is 3.38. The summed E-state index contributed by atoms with van der Waals surface area (Å²) in [6, 6.07) is 4.95. The molecule has 6 nitrogen and oxygen atoms in total. The van der Waals surface area contributed by atoms with Crippen LogP contribution in [0, 0.1) is 0 Å². The number of nitrogens with zero attached hydrogens (tertiary/aromatic N) is 3. The van der Waals surface area contributed by atoms with E-state index in [-0.39, 0.29) is 30.2 Å². The Bertz CT molecular complexity index is 795. The molecule has 0 saturated carbocycles. The number of halogens is 1. The summed E-state index contributed by atoms with van der Waals surface area (Å²) in [4.78, 5) is 30.9. The Hall–Kier alpha value is -1.92. The van der Waals surface area contributed by atoms with Crippen LogP contribution in [0.15, 0.2) is 29.3 Å². The molecule has 1 fully saturated rings. The van der Waals surface area contributed by atoms with Crippen LogP contribution in [0.1, 0.15) is 13.8 Å². The van der Waals surface area contributed by atoms with E-state index in [4.69, 9.17) is 16.3 Å². The topological polar surface area (TPSA) is 64.4 Å². The molecule has 2 heterocycles. The summed E-state index contributed by atoms with van der Waals surface area (Å²) < 4.78 is 6.95. The second-order valence-electron chi connectivity index (χ2n) is 5.90. The van der Waals surface area contributed by atoms with Gasteiger partial charge in [-0.3, -0.25) is 14.2 Å². The molecule has 7 heteroatoms. The normalized spacial score (nSPS) is 21.6. The molecule has 122 valence electrons. The average molecular weight is 336 g/mol. The van der Waals surface area contributed by atoms with Gasteiger partial charge in [-0.05, 0) is 32.0 Å². The smallest absolute Gasteiger partial charge is 0.261 e. The van der Waals surface area contributed by atoms with E-state index in [0.717, 1.165) is 0 Å². The minimum Gasteiger partial charge on any atom is -0.372 e. The molecule has 0 spiro atoms. The van der Waals surface area contributed by atoms with E-state index in [2.05, 4.69) is 4.98 Å². The molecule has 2 aromatic rings. The highest BCUT2D eigenvalue weighted by molar-refractivity contribution is 6.31. The number of hydrogen-bond donors (Lipinski definition) is 0. The standard InChI is InChI=1S/C16H18ClN3O3/c1-10-6-19(7-11(2)23-10)15(21)8-20-9-18-14-4-3-12(17)5-13(14)16(20)22/h3-5,9-11H,6-8H2,1-2H3/t10-,11+. The molecule has 0 radical (unpaired) electrons. The van der Waals surface area contributed by atoms with Gasteiger partial charge < -0.3 is 9.64 Å². The third-order valence-corrected chi connectivity index (χ3v) is 4.10. The van der Waals surface area contributed by atoms with E-state index in [1.54, 1.807) is 23.1 Å². The van der Waals surface area contributed by atoms with Gasteiger partial charge in [0.25, 0.3) is 5.56 Å². The Morgan fingerprint density at radius 2 is 2.04 bits per heavy atom. The summed E-state index contributed by atoms with van der Waals surface area (Å²) in [6.07, 6.45) is 1.39. The monoisotopic (exact) mass is 335 g/mol. The highest BCUT2D eigenvalue weighted by Gasteiger charge is 2.26. The highest BCUT2D eigenvalue weighted by atomic mass is 35.5. The lowest BCUT2D eigenvalue weighted by molar-refractivity contribution is -0.143. The van der Waals surface area contributed by atoms with Gasteiger partial charge >= 0.3 is 0 Å². The van der Waals surface area contributed by atoms with Gasteiger partial charge in [0.05, 0.1) is 29.4 Å². The maximum absolute atomic E-state index is 12.5. The molecule has 1 aliphatic rings. The predicted octanol–water partition coefficient (Wildman–Crippen LogP) is 1.69. The minimum absolute atomic E-state index is 0.00652. The summed E-state index contributed by atoms with van der Waals surface area (Å²) in [5.74, 6) is -0.114. The summed E-state index contributed by atoms with van der Waals surface area (Å²) in [5, 5.41) is 0.882. The van der Waals surface area contributed by atoms with Gasteiger partial charge in [0, 0.05) is 18.1 Å². The molecule has 1 saturated heterocycles. The molecule has 1 aromatic carbocycles. The number of carbonyl (C=O) groups excluding carboxylic acids is 1. The van der Waals surface area contributed by atoms with E-state index in [1.165, 1.54) is 10.9 Å². The molecular formula is C16H18ClN3O3. The van der Waals surface area contributed by atoms with E-state index in [1.807, 2.05) is 13.8 Å². The number of amides is 1. The first-order valence-corrected chi connectivity index (χ1v) is 7.90. The van der Waals surface area contributed by atoms with Crippen molar-refractivity contribution in [1.82, 2.24) is 14.5 Å². The van der Waals surface area contributed by atoms with Crippen molar-refractivity contribution in [1.29, 1.82) is 0 Å². The Balaban J connectivity index is 1.85. The van der Waals surface area contributed by atoms with Gasteiger partial charge in [-0.15, -0.1) is 0 Å². The average Bonchev–Trinajstić information content (AvgIpc) is 2.49. The molecule has 23 heavy (non-hydrogen) atoms. The Kier molecular flexibility index (Phi) is 4.37. The quantitative estimate of drug-likeness (QED) is 0.837. The lowest BCUT2D eigenvalue weighted by atomic mass is 10.2. The van der Waals surface area contributed by atoms with E-state index in [0.29, 0.717) is 29.0 Å². The van der Waals surface area contributed by atoms with Crippen molar-refractivity contribution >= 4 is 28.4 Å². The Morgan fingerprint density at radius 3 is 2.74 bits per heavy atom. The van der Waals surface area contributed by atoms with Gasteiger partial charge in [-0.1, -0.05) is 11.6 Å². The molecule has 0 aliphatic carbocycles. The van der Waals surface area contributed by atoms with E-state index < -0.39 is 0 Å². The second kappa shape index (κ2) is 6.29. The van der Waals surface area contributed by atoms with E-state index in [9.17, 15) is 9.59 Å². The maximum Gasteiger partial charge on any atom is 0.261 e. The Labute approximate surface area is 138 Å². The molecular weight excluding hydrogens is 318 g/mol. The van der Waals surface area contributed by atoms with Crippen molar-refractivity contribution in [2.75, 3.05) is 13.1 Å². The number of morpholine rings is 1. The van der Waals surface area contributed by atoms with Crippen molar-refractivity contribution in [3.63, 3.8) is 0 Å². The molecule has 1 amide bonds. The molecule has 1 aliphatic heterocycles. The fraction of sp³-hybridized carbons (Fsp3) is 0.438. The first-order valence-electron chi connectivity index (χ1n) is 7.52. The largest absolute Gasteiger partial charge is 0.372 e. The van der Waals surface area contributed by atoms with Crippen LogP contribution >= 0.6 is 11.6 Å². The van der Waals surface area contributed by atoms with Crippen LogP contribution in [0.4, 0.5) is 0 Å². The number of carbonyl (C=O) groups is 1. The molecule has 0 bridgehead atoms. The lowest BCUT2D eigenvalue weighted by Gasteiger charge is -2.35. The van der Waals surface area contributed by atoms with Crippen molar-refractivity contribution in [2.45, 2.75) is 32.6 Å². The number of rotatable bonds is 2. The van der Waals surface area contributed by atoms with Gasteiger partial charge in [-0.2, -0.15) is 0 Å². The van der Waals surface area contributed by atoms with Crippen LogP contribution in [0.3, 0.4) is 0 Å². The van der Waals surface area contributed by atoms with Crippen LogP contribution in [0.5, 0.6) is 0 Å². The fourth-order valence-electron chi connectivity index (χ4n) is 2.87. The number of benzene rings is 1. The first-order chi connectivity index (χ1) is 10.9. The van der Waals surface area contributed by atoms with Crippen LogP contribution in [-0.4, -0.2) is 45.7 Å². The highest BCUT2D eigenvalue weighted by Crippen LogP contribution is 2.14. The number of fused-ring (bicyclic) bond motifs is 1. The zero-order valence-corrected chi connectivity index (χ0v) is 13.8. The van der Waals surface area contributed by atoms with Gasteiger partial charge in [-0.25, -0.2) is 4.98 Å². The fourth-order valence-corrected chi connectivity index (χ4v) is 3.04. The zero-order valence-electron chi connectivity index (χ0n) is 13.0. The molecule has 3 rings (SSSR count). The van der Waals surface area contributed by atoms with Crippen molar-refractivity contribution in [3.8, 4) is 0 Å². The van der Waals surface area contributed by atoms with Crippen molar-refractivity contribution < 1.29 is 9.53 Å². The number of aromatic nitrogens is 2. The SMILES string of the molecule is C[C@@H]1CN(C(=O)Cn2cnc3ccc(Cl)cc3c2=O)C[C@H](C)O1. The van der Waals surface area contributed by atoms with Crippen LogP contribution in [0.25, 0.3) is 10.9 Å². The molecule has 1 aromatic heterocycles.